The van der Waals surface area contributed by atoms with Gasteiger partial charge in [-0.05, 0) is 26.2 Å². The zero-order chi connectivity index (χ0) is 21.9. The van der Waals surface area contributed by atoms with Crippen molar-refractivity contribution in [2.45, 2.75) is 128 Å². The molecule has 5 nitrogen and oxygen atoms in total. The summed E-state index contributed by atoms with van der Waals surface area (Å²) in [6.07, 6.45) is 21.2. The van der Waals surface area contributed by atoms with E-state index in [1.807, 2.05) is 0 Å². The SMILES string of the molecule is C/C=C/CCCCCCCCCCCCCCCCO[C@@H]1[C@H]([C@@H](O)CO)OC[C@H]1O. The van der Waals surface area contributed by atoms with Crippen molar-refractivity contribution >= 4 is 0 Å². The third-order valence-electron chi connectivity index (χ3n) is 6.04. The van der Waals surface area contributed by atoms with Gasteiger partial charge in [0.2, 0.25) is 0 Å². The van der Waals surface area contributed by atoms with Crippen molar-refractivity contribution in [1.29, 1.82) is 0 Å². The van der Waals surface area contributed by atoms with E-state index in [1.165, 1.54) is 83.5 Å². The Balaban J connectivity index is 1.81. The van der Waals surface area contributed by atoms with Gasteiger partial charge in [0.05, 0.1) is 13.2 Å². The lowest BCUT2D eigenvalue weighted by Crippen LogP contribution is -2.42. The van der Waals surface area contributed by atoms with Crippen LogP contribution in [0.4, 0.5) is 0 Å². The Morgan fingerprint density at radius 2 is 1.37 bits per heavy atom. The molecule has 0 aromatic rings. The van der Waals surface area contributed by atoms with Gasteiger partial charge in [0.25, 0.3) is 0 Å². The minimum Gasteiger partial charge on any atom is -0.394 e. The van der Waals surface area contributed by atoms with Gasteiger partial charge < -0.3 is 24.8 Å². The van der Waals surface area contributed by atoms with Gasteiger partial charge in [-0.25, -0.2) is 0 Å². The van der Waals surface area contributed by atoms with Gasteiger partial charge in [0, 0.05) is 6.61 Å². The van der Waals surface area contributed by atoms with Crippen molar-refractivity contribution in [3.63, 3.8) is 0 Å². The second kappa shape index (κ2) is 19.2. The maximum atomic E-state index is 9.90. The molecule has 1 saturated heterocycles. The topological polar surface area (TPSA) is 79.2 Å². The molecule has 0 bridgehead atoms. The fourth-order valence-corrected chi connectivity index (χ4v) is 4.13. The summed E-state index contributed by atoms with van der Waals surface area (Å²) in [6, 6.07) is 0. The van der Waals surface area contributed by atoms with Gasteiger partial charge in [0.1, 0.15) is 24.4 Å². The predicted molar refractivity (Wildman–Crippen MR) is 123 cm³/mol. The zero-order valence-corrected chi connectivity index (χ0v) is 19.4. The third kappa shape index (κ3) is 13.1. The number of hydrogen-bond donors (Lipinski definition) is 3. The first kappa shape index (κ1) is 27.6. The minimum atomic E-state index is -1.000. The largest absolute Gasteiger partial charge is 0.394 e. The Labute approximate surface area is 184 Å². The first-order chi connectivity index (χ1) is 14.7. The normalized spacial score (nSPS) is 22.9. The van der Waals surface area contributed by atoms with Gasteiger partial charge in [-0.1, -0.05) is 89.2 Å². The Morgan fingerprint density at radius 1 is 0.867 bits per heavy atom. The minimum absolute atomic E-state index is 0.156. The summed E-state index contributed by atoms with van der Waals surface area (Å²) in [5.74, 6) is 0. The lowest BCUT2D eigenvalue weighted by molar-refractivity contribution is -0.0938. The molecule has 1 aliphatic heterocycles. The Kier molecular flexibility index (Phi) is 17.7. The maximum Gasteiger partial charge on any atom is 0.114 e. The molecule has 0 saturated carbocycles. The standard InChI is InChI=1S/C25H48O5/c1-2-3-4-5-6-7-8-9-10-11-12-13-14-15-16-17-18-19-29-25-23(28)21-30-24(25)22(27)20-26/h2-3,22-28H,4-21H2,1H3/b3-2+/t22-,23+,24-,25-/m0/s1. The van der Waals surface area contributed by atoms with Crippen LogP contribution < -0.4 is 0 Å². The molecular weight excluding hydrogens is 380 g/mol. The molecule has 0 aliphatic carbocycles. The Hall–Kier alpha value is -0.460. The highest BCUT2D eigenvalue weighted by Crippen LogP contribution is 2.21. The average Bonchev–Trinajstić information content (AvgIpc) is 3.12. The lowest BCUT2D eigenvalue weighted by atomic mass is 10.0. The van der Waals surface area contributed by atoms with Crippen molar-refractivity contribution in [3.8, 4) is 0 Å². The van der Waals surface area contributed by atoms with Crippen molar-refractivity contribution in [2.24, 2.45) is 0 Å². The molecule has 0 aromatic carbocycles. The quantitative estimate of drug-likeness (QED) is 0.190. The number of allylic oxidation sites excluding steroid dienone is 2. The molecule has 30 heavy (non-hydrogen) atoms. The van der Waals surface area contributed by atoms with E-state index in [4.69, 9.17) is 14.6 Å². The Morgan fingerprint density at radius 3 is 1.87 bits per heavy atom. The second-order valence-electron chi connectivity index (χ2n) is 8.76. The van der Waals surface area contributed by atoms with Crippen LogP contribution in [-0.2, 0) is 9.47 Å². The van der Waals surface area contributed by atoms with Crippen molar-refractivity contribution in [1.82, 2.24) is 0 Å². The molecule has 5 heteroatoms. The number of unbranched alkanes of at least 4 members (excludes halogenated alkanes) is 14. The molecule has 0 radical (unpaired) electrons. The molecule has 0 unspecified atom stereocenters. The van der Waals surface area contributed by atoms with Crippen molar-refractivity contribution in [2.75, 3.05) is 19.8 Å². The van der Waals surface area contributed by atoms with E-state index in [9.17, 15) is 10.2 Å². The summed E-state index contributed by atoms with van der Waals surface area (Å²) in [7, 11) is 0. The first-order valence-electron chi connectivity index (χ1n) is 12.5. The fourth-order valence-electron chi connectivity index (χ4n) is 4.13. The lowest BCUT2D eigenvalue weighted by Gasteiger charge is -2.23. The smallest absolute Gasteiger partial charge is 0.114 e. The van der Waals surface area contributed by atoms with E-state index in [0.717, 1.165) is 12.8 Å². The highest BCUT2D eigenvalue weighted by Gasteiger charge is 2.40. The van der Waals surface area contributed by atoms with Crippen molar-refractivity contribution < 1.29 is 24.8 Å². The number of rotatable bonds is 20. The van der Waals surface area contributed by atoms with Crippen LogP contribution in [-0.4, -0.2) is 59.6 Å². The summed E-state index contributed by atoms with van der Waals surface area (Å²) in [6.45, 7) is 2.44. The van der Waals surface area contributed by atoms with Gasteiger partial charge >= 0.3 is 0 Å². The molecule has 0 amide bonds. The van der Waals surface area contributed by atoms with Crippen LogP contribution in [0.5, 0.6) is 0 Å². The van der Waals surface area contributed by atoms with Gasteiger partial charge in [-0.15, -0.1) is 0 Å². The van der Waals surface area contributed by atoms with Crippen LogP contribution in [0.25, 0.3) is 0 Å². The summed E-state index contributed by atoms with van der Waals surface area (Å²) in [5.41, 5.74) is 0. The summed E-state index contributed by atoms with van der Waals surface area (Å²) >= 11 is 0. The molecule has 0 spiro atoms. The van der Waals surface area contributed by atoms with Crippen molar-refractivity contribution in [3.05, 3.63) is 12.2 Å². The molecule has 1 aliphatic rings. The average molecular weight is 429 g/mol. The molecule has 178 valence electrons. The van der Waals surface area contributed by atoms with E-state index >= 15 is 0 Å². The maximum absolute atomic E-state index is 9.90. The third-order valence-corrected chi connectivity index (χ3v) is 6.04. The number of ether oxygens (including phenoxy) is 2. The van der Waals surface area contributed by atoms with Crippen LogP contribution in [0.1, 0.15) is 103 Å². The van der Waals surface area contributed by atoms with Crippen LogP contribution in [0.15, 0.2) is 12.2 Å². The molecule has 1 heterocycles. The van der Waals surface area contributed by atoms with Crippen LogP contribution >= 0.6 is 0 Å². The zero-order valence-electron chi connectivity index (χ0n) is 19.4. The molecular formula is C25H48O5. The molecule has 0 aromatic heterocycles. The van der Waals surface area contributed by atoms with Crippen LogP contribution in [0.3, 0.4) is 0 Å². The van der Waals surface area contributed by atoms with Crippen LogP contribution in [0, 0.1) is 0 Å². The predicted octanol–water partition coefficient (Wildman–Crippen LogP) is 4.91. The highest BCUT2D eigenvalue weighted by molar-refractivity contribution is 4.89. The monoisotopic (exact) mass is 428 g/mol. The summed E-state index contributed by atoms with van der Waals surface area (Å²) < 4.78 is 11.1. The van der Waals surface area contributed by atoms with Gasteiger partial charge in [0.15, 0.2) is 0 Å². The molecule has 1 fully saturated rings. The summed E-state index contributed by atoms with van der Waals surface area (Å²) in [5, 5.41) is 28.7. The van der Waals surface area contributed by atoms with Gasteiger partial charge in [-0.2, -0.15) is 0 Å². The second-order valence-corrected chi connectivity index (χ2v) is 8.76. The van der Waals surface area contributed by atoms with E-state index in [2.05, 4.69) is 19.1 Å². The molecule has 4 atom stereocenters. The fraction of sp³-hybridized carbons (Fsp3) is 0.920. The first-order valence-corrected chi connectivity index (χ1v) is 12.5. The number of hydrogen-bond acceptors (Lipinski definition) is 5. The Bertz CT molecular complexity index is 401. The van der Waals surface area contributed by atoms with Crippen LogP contribution in [0.2, 0.25) is 0 Å². The molecule has 1 rings (SSSR count). The number of aliphatic hydroxyl groups excluding tert-OH is 3. The van der Waals surface area contributed by atoms with E-state index in [-0.39, 0.29) is 13.2 Å². The van der Waals surface area contributed by atoms with E-state index in [1.54, 1.807) is 0 Å². The van der Waals surface area contributed by atoms with E-state index < -0.39 is 24.4 Å². The number of aliphatic hydroxyl groups is 3. The molecule has 3 N–H and O–H groups in total. The van der Waals surface area contributed by atoms with E-state index in [0.29, 0.717) is 6.61 Å². The van der Waals surface area contributed by atoms with Gasteiger partial charge in [-0.3, -0.25) is 0 Å². The highest BCUT2D eigenvalue weighted by atomic mass is 16.6. The summed E-state index contributed by atoms with van der Waals surface area (Å²) in [4.78, 5) is 0.